The van der Waals surface area contributed by atoms with Gasteiger partial charge < -0.3 is 10.1 Å². The van der Waals surface area contributed by atoms with Gasteiger partial charge in [0.15, 0.2) is 0 Å². The lowest BCUT2D eigenvalue weighted by atomic mass is 10.0. The Morgan fingerprint density at radius 2 is 2.26 bits per heavy atom. The van der Waals surface area contributed by atoms with Crippen molar-refractivity contribution >= 4 is 27.3 Å². The first-order valence-corrected chi connectivity index (χ1v) is 7.02. The summed E-state index contributed by atoms with van der Waals surface area (Å²) in [5.74, 6) is 0. The highest BCUT2D eigenvalue weighted by Crippen LogP contribution is 2.49. The van der Waals surface area contributed by atoms with Gasteiger partial charge >= 0.3 is 0 Å². The molecular weight excluding hydrogens is 312 g/mol. The molecule has 0 spiro atoms. The summed E-state index contributed by atoms with van der Waals surface area (Å²) in [6, 6.07) is 4.79. The van der Waals surface area contributed by atoms with Gasteiger partial charge in [0, 0.05) is 42.6 Å². The lowest BCUT2D eigenvalue weighted by molar-refractivity contribution is -0.384. The van der Waals surface area contributed by atoms with E-state index in [1.54, 1.807) is 13.2 Å². The van der Waals surface area contributed by atoms with Crippen LogP contribution in [0.25, 0.3) is 0 Å². The first kappa shape index (κ1) is 14.3. The van der Waals surface area contributed by atoms with Gasteiger partial charge in [-0.3, -0.25) is 10.1 Å². The summed E-state index contributed by atoms with van der Waals surface area (Å²) < 4.78 is 5.85. The van der Waals surface area contributed by atoms with Crippen LogP contribution in [0.3, 0.4) is 0 Å². The zero-order chi connectivity index (χ0) is 13.9. The maximum absolute atomic E-state index is 10.7. The van der Waals surface area contributed by atoms with E-state index in [1.807, 2.05) is 0 Å². The first-order valence-electron chi connectivity index (χ1n) is 6.23. The summed E-state index contributed by atoms with van der Waals surface area (Å²) in [5, 5.41) is 14.0. The molecule has 19 heavy (non-hydrogen) atoms. The van der Waals surface area contributed by atoms with Crippen molar-refractivity contribution in [2.45, 2.75) is 19.3 Å². The molecule has 1 aliphatic carbocycles. The number of nitrogens with one attached hydrogen (secondary N) is 1. The average molecular weight is 329 g/mol. The van der Waals surface area contributed by atoms with Gasteiger partial charge in [-0.05, 0) is 46.7 Å². The third-order valence-electron chi connectivity index (χ3n) is 3.61. The van der Waals surface area contributed by atoms with Gasteiger partial charge in [-0.25, -0.2) is 0 Å². The zero-order valence-electron chi connectivity index (χ0n) is 10.8. The molecule has 1 aromatic carbocycles. The molecule has 1 aliphatic rings. The van der Waals surface area contributed by atoms with Crippen molar-refractivity contribution < 1.29 is 9.66 Å². The van der Waals surface area contributed by atoms with Gasteiger partial charge in [-0.15, -0.1) is 0 Å². The Hall–Kier alpha value is -1.14. The minimum atomic E-state index is -0.393. The number of hydrogen-bond donors (Lipinski definition) is 1. The van der Waals surface area contributed by atoms with E-state index in [-0.39, 0.29) is 5.69 Å². The van der Waals surface area contributed by atoms with Gasteiger partial charge in [0.2, 0.25) is 0 Å². The van der Waals surface area contributed by atoms with Crippen LogP contribution in [0, 0.1) is 15.5 Å². The van der Waals surface area contributed by atoms with Crippen molar-refractivity contribution in [3.63, 3.8) is 0 Å². The molecule has 0 atom stereocenters. The fraction of sp³-hybridized carbons (Fsp3) is 0.538. The van der Waals surface area contributed by atoms with E-state index in [4.69, 9.17) is 4.74 Å². The summed E-state index contributed by atoms with van der Waals surface area (Å²) >= 11 is 3.36. The minimum absolute atomic E-state index is 0.0953. The predicted molar refractivity (Wildman–Crippen MR) is 77.4 cm³/mol. The van der Waals surface area contributed by atoms with Crippen LogP contribution in [-0.2, 0) is 4.74 Å². The van der Waals surface area contributed by atoms with Crippen LogP contribution in [0.15, 0.2) is 22.7 Å². The number of halogens is 1. The second-order valence-electron chi connectivity index (χ2n) is 5.02. The third-order valence-corrected chi connectivity index (χ3v) is 4.27. The molecule has 0 saturated heterocycles. The molecular formula is C13H17BrN2O3. The first-order chi connectivity index (χ1) is 9.06. The van der Waals surface area contributed by atoms with Crippen molar-refractivity contribution in [2.75, 3.05) is 25.6 Å². The highest BCUT2D eigenvalue weighted by molar-refractivity contribution is 9.10. The number of nitrogens with zero attached hydrogens (tertiary/aromatic N) is 1. The number of benzene rings is 1. The van der Waals surface area contributed by atoms with E-state index in [1.165, 1.54) is 25.0 Å². The zero-order valence-corrected chi connectivity index (χ0v) is 12.4. The largest absolute Gasteiger partial charge is 0.385 e. The van der Waals surface area contributed by atoms with E-state index in [2.05, 4.69) is 21.2 Å². The Balaban J connectivity index is 1.95. The molecule has 5 nitrogen and oxygen atoms in total. The average Bonchev–Trinajstić information content (AvgIpc) is 3.15. The molecule has 104 valence electrons. The molecule has 1 saturated carbocycles. The highest BCUT2D eigenvalue weighted by atomic mass is 79.9. The summed E-state index contributed by atoms with van der Waals surface area (Å²) in [5.41, 5.74) is 1.34. The molecule has 1 aromatic rings. The maximum Gasteiger partial charge on any atom is 0.270 e. The lowest BCUT2D eigenvalue weighted by Gasteiger charge is -2.17. The third kappa shape index (κ3) is 3.67. The van der Waals surface area contributed by atoms with Gasteiger partial charge in [0.25, 0.3) is 5.69 Å². The van der Waals surface area contributed by atoms with E-state index in [9.17, 15) is 10.1 Å². The molecule has 0 heterocycles. The quantitative estimate of drug-likeness (QED) is 0.613. The monoisotopic (exact) mass is 328 g/mol. The molecule has 1 N–H and O–H groups in total. The number of nitro groups is 1. The fourth-order valence-electron chi connectivity index (χ4n) is 2.05. The van der Waals surface area contributed by atoms with E-state index >= 15 is 0 Å². The lowest BCUT2D eigenvalue weighted by Crippen LogP contribution is -2.17. The molecule has 2 rings (SSSR count). The Labute approximate surface area is 120 Å². The number of anilines is 1. The van der Waals surface area contributed by atoms with Gasteiger partial charge in [0.1, 0.15) is 0 Å². The molecule has 0 unspecified atom stereocenters. The summed E-state index contributed by atoms with van der Waals surface area (Å²) in [6.07, 6.45) is 3.49. The smallest absolute Gasteiger partial charge is 0.270 e. The van der Waals surface area contributed by atoms with Crippen LogP contribution >= 0.6 is 15.9 Å². The predicted octanol–water partition coefficient (Wildman–Crippen LogP) is 3.59. The van der Waals surface area contributed by atoms with Gasteiger partial charge in [-0.2, -0.15) is 0 Å². The van der Waals surface area contributed by atoms with E-state index in [0.717, 1.165) is 29.7 Å². The van der Waals surface area contributed by atoms with E-state index in [0.29, 0.717) is 5.41 Å². The number of non-ortho nitro benzene ring substituents is 1. The second-order valence-corrected chi connectivity index (χ2v) is 5.87. The number of hydrogen-bond acceptors (Lipinski definition) is 4. The molecule has 0 amide bonds. The maximum atomic E-state index is 10.7. The topological polar surface area (TPSA) is 64.4 Å². The Morgan fingerprint density at radius 3 is 2.79 bits per heavy atom. The molecule has 1 fully saturated rings. The number of ether oxygens (including phenoxy) is 1. The van der Waals surface area contributed by atoms with Crippen molar-refractivity contribution in [2.24, 2.45) is 5.41 Å². The second kappa shape index (κ2) is 5.88. The van der Waals surface area contributed by atoms with Crippen molar-refractivity contribution in [3.05, 3.63) is 32.8 Å². The van der Waals surface area contributed by atoms with Crippen LogP contribution in [0.4, 0.5) is 11.4 Å². The van der Waals surface area contributed by atoms with Gasteiger partial charge in [-0.1, -0.05) is 0 Å². The standard InChI is InChI=1S/C13H17BrN2O3/c1-19-7-6-13(4-5-13)9-15-12-3-2-10(16(17)18)8-11(12)14/h2-3,8,15H,4-7,9H2,1H3. The Morgan fingerprint density at radius 1 is 1.53 bits per heavy atom. The molecule has 0 radical (unpaired) electrons. The van der Waals surface area contributed by atoms with Crippen LogP contribution in [0.1, 0.15) is 19.3 Å². The molecule has 0 aromatic heterocycles. The van der Waals surface area contributed by atoms with Crippen molar-refractivity contribution in [3.8, 4) is 0 Å². The normalized spacial score (nSPS) is 16.1. The van der Waals surface area contributed by atoms with Crippen molar-refractivity contribution in [1.82, 2.24) is 0 Å². The van der Waals surface area contributed by atoms with Crippen LogP contribution in [0.5, 0.6) is 0 Å². The summed E-state index contributed by atoms with van der Waals surface area (Å²) in [4.78, 5) is 10.3. The van der Waals surface area contributed by atoms with Crippen LogP contribution in [0.2, 0.25) is 0 Å². The minimum Gasteiger partial charge on any atom is -0.385 e. The summed E-state index contributed by atoms with van der Waals surface area (Å²) in [6.45, 7) is 1.66. The number of methoxy groups -OCH3 is 1. The SMILES string of the molecule is COCCC1(CNc2ccc([N+](=O)[O-])cc2Br)CC1. The Kier molecular flexibility index (Phi) is 4.42. The van der Waals surface area contributed by atoms with Gasteiger partial charge in [0.05, 0.1) is 4.92 Å². The van der Waals surface area contributed by atoms with E-state index < -0.39 is 4.92 Å². The molecule has 6 heteroatoms. The molecule has 0 aliphatic heterocycles. The van der Waals surface area contributed by atoms with Crippen LogP contribution < -0.4 is 5.32 Å². The van der Waals surface area contributed by atoms with Crippen molar-refractivity contribution in [1.29, 1.82) is 0 Å². The number of nitro benzene ring substituents is 1. The number of rotatable bonds is 7. The molecule has 0 bridgehead atoms. The highest BCUT2D eigenvalue weighted by Gasteiger charge is 2.41. The Bertz CT molecular complexity index is 475. The fourth-order valence-corrected chi connectivity index (χ4v) is 2.56. The summed E-state index contributed by atoms with van der Waals surface area (Å²) in [7, 11) is 1.72. The van der Waals surface area contributed by atoms with Crippen LogP contribution in [-0.4, -0.2) is 25.2 Å².